The molecule has 0 rings (SSSR count). The fourth-order valence-corrected chi connectivity index (χ4v) is 3.17. The second kappa shape index (κ2) is 6.83. The Hall–Kier alpha value is -1.72. The van der Waals surface area contributed by atoms with E-state index in [0.29, 0.717) is 10.8 Å². The normalized spacial score (nSPS) is 13.1. The quantitative estimate of drug-likeness (QED) is 0.585. The van der Waals surface area contributed by atoms with Gasteiger partial charge in [0.1, 0.15) is 0 Å². The summed E-state index contributed by atoms with van der Waals surface area (Å²) in [6, 6.07) is 0. The minimum atomic E-state index is -4.34. The summed E-state index contributed by atoms with van der Waals surface area (Å²) >= 11 is 0. The van der Waals surface area contributed by atoms with Gasteiger partial charge in [-0.25, -0.2) is 25.4 Å². The van der Waals surface area contributed by atoms with Crippen LogP contribution in [0.15, 0.2) is 24.0 Å². The average molecular weight is 340 g/mol. The van der Waals surface area contributed by atoms with E-state index in [1.165, 1.54) is 0 Å². The summed E-state index contributed by atoms with van der Waals surface area (Å²) in [6.45, 7) is 6.79. The molecule has 0 radical (unpaired) electrons. The number of aliphatic hydroxyl groups excluding tert-OH is 1. The molecule has 0 aromatic heterocycles. The highest BCUT2D eigenvalue weighted by Crippen LogP contribution is 2.12. The first-order chi connectivity index (χ1) is 9.40. The number of hydrogen-bond acceptors (Lipinski definition) is 7. The minimum absolute atomic E-state index is 0.0224. The topological polar surface area (TPSA) is 129 Å². The Morgan fingerprint density at radius 2 is 1.48 bits per heavy atom. The first-order valence-corrected chi connectivity index (χ1v) is 8.42. The zero-order valence-corrected chi connectivity index (χ0v) is 13.1. The summed E-state index contributed by atoms with van der Waals surface area (Å²) in [5, 5.41) is 10.7. The number of carbonyl (C=O) groups excluding carboxylic acids is 2. The summed E-state index contributed by atoms with van der Waals surface area (Å²) in [5.74, 6) is -2.05. The van der Waals surface area contributed by atoms with Gasteiger partial charge >= 0.3 is 0 Å². The molecular formula is C10H16N2O7S2. The maximum Gasteiger partial charge on any atom is 0.261 e. The van der Waals surface area contributed by atoms with E-state index in [1.54, 1.807) is 0 Å². The fourth-order valence-electron chi connectivity index (χ4n) is 1.36. The van der Waals surface area contributed by atoms with Gasteiger partial charge in [0.25, 0.3) is 20.0 Å². The molecule has 1 unspecified atom stereocenters. The molecule has 0 heterocycles. The van der Waals surface area contributed by atoms with Gasteiger partial charge in [0.15, 0.2) is 6.23 Å². The fraction of sp³-hybridized carbons (Fsp3) is 0.400. The SMILES string of the molecule is C=CS(=O)(=O)N(CC(O)N(C(C)=O)S(=O)(=O)C=C)C(C)=O. The number of sulfonamides is 2. The second-order valence-corrected chi connectivity index (χ2v) is 7.33. The van der Waals surface area contributed by atoms with E-state index in [0.717, 1.165) is 13.8 Å². The number of carbonyl (C=O) groups is 2. The van der Waals surface area contributed by atoms with Crippen LogP contribution in [0.1, 0.15) is 13.8 Å². The Balaban J connectivity index is 5.65. The molecule has 0 aliphatic rings. The molecule has 0 aliphatic carbocycles. The molecule has 2 amide bonds. The van der Waals surface area contributed by atoms with Crippen molar-refractivity contribution in [1.29, 1.82) is 0 Å². The molecule has 0 aliphatic heterocycles. The van der Waals surface area contributed by atoms with Crippen molar-refractivity contribution in [2.75, 3.05) is 6.54 Å². The molecule has 11 heteroatoms. The Morgan fingerprint density at radius 3 is 1.76 bits per heavy atom. The van der Waals surface area contributed by atoms with Crippen LogP contribution in [0.2, 0.25) is 0 Å². The molecule has 9 nitrogen and oxygen atoms in total. The average Bonchev–Trinajstić information content (AvgIpc) is 2.34. The molecule has 0 aromatic rings. The Bertz CT molecular complexity index is 651. The van der Waals surface area contributed by atoms with Gasteiger partial charge in [-0.1, -0.05) is 13.2 Å². The molecule has 0 aromatic carbocycles. The zero-order valence-electron chi connectivity index (χ0n) is 11.5. The van der Waals surface area contributed by atoms with E-state index in [2.05, 4.69) is 13.2 Å². The molecule has 0 fully saturated rings. The lowest BCUT2D eigenvalue weighted by Crippen LogP contribution is -2.50. The first kappa shape index (κ1) is 19.3. The molecule has 1 N–H and O–H groups in total. The van der Waals surface area contributed by atoms with Crippen molar-refractivity contribution in [3.8, 4) is 0 Å². The van der Waals surface area contributed by atoms with Crippen LogP contribution in [0.4, 0.5) is 0 Å². The molecule has 120 valence electrons. The monoisotopic (exact) mass is 340 g/mol. The number of hydrogen-bond donors (Lipinski definition) is 1. The van der Waals surface area contributed by atoms with Gasteiger partial charge in [0.2, 0.25) is 11.8 Å². The molecule has 21 heavy (non-hydrogen) atoms. The predicted octanol–water partition coefficient (Wildman–Crippen LogP) is -1.05. The summed E-state index contributed by atoms with van der Waals surface area (Å²) < 4.78 is 46.6. The maximum absolute atomic E-state index is 11.6. The molecule has 1 atom stereocenters. The maximum atomic E-state index is 11.6. The van der Waals surface area contributed by atoms with E-state index in [1.807, 2.05) is 0 Å². The molecular weight excluding hydrogens is 324 g/mol. The summed E-state index contributed by atoms with van der Waals surface area (Å²) in [4.78, 5) is 22.6. The van der Waals surface area contributed by atoms with Crippen molar-refractivity contribution in [3.05, 3.63) is 24.0 Å². The Labute approximate surface area is 123 Å². The Kier molecular flexibility index (Phi) is 6.27. The lowest BCUT2D eigenvalue weighted by Gasteiger charge is -2.28. The number of aliphatic hydroxyl groups is 1. The second-order valence-electron chi connectivity index (χ2n) is 3.77. The summed E-state index contributed by atoms with van der Waals surface area (Å²) in [5.41, 5.74) is 0. The van der Waals surface area contributed by atoms with Crippen LogP contribution in [0.25, 0.3) is 0 Å². The first-order valence-electron chi connectivity index (χ1n) is 5.42. The third-order valence-electron chi connectivity index (χ3n) is 2.26. The standard InChI is InChI=1S/C10H16N2O7S2/c1-5-20(16,17)11(8(3)13)7-10(15)12(9(4)14)21(18,19)6-2/h5-6,10,15H,1-2,7H2,3-4H3. The van der Waals surface area contributed by atoms with E-state index in [9.17, 15) is 31.5 Å². The van der Waals surface area contributed by atoms with Gasteiger partial charge in [-0.3, -0.25) is 9.59 Å². The van der Waals surface area contributed by atoms with E-state index in [4.69, 9.17) is 0 Å². The van der Waals surface area contributed by atoms with E-state index < -0.39 is 44.6 Å². The van der Waals surface area contributed by atoms with Gasteiger partial charge < -0.3 is 5.11 Å². The van der Waals surface area contributed by atoms with Gasteiger partial charge in [-0.15, -0.1) is 0 Å². The number of rotatable bonds is 7. The van der Waals surface area contributed by atoms with Crippen molar-refractivity contribution in [3.63, 3.8) is 0 Å². The molecule has 0 spiro atoms. The molecule has 0 saturated carbocycles. The summed E-state index contributed by atoms with van der Waals surface area (Å²) in [7, 11) is -8.58. The van der Waals surface area contributed by atoms with Crippen molar-refractivity contribution < 1.29 is 31.5 Å². The molecule has 0 bridgehead atoms. The van der Waals surface area contributed by atoms with Gasteiger partial charge in [-0.05, 0) is 0 Å². The van der Waals surface area contributed by atoms with E-state index >= 15 is 0 Å². The zero-order chi connectivity index (χ0) is 17.0. The van der Waals surface area contributed by atoms with Crippen molar-refractivity contribution in [2.24, 2.45) is 0 Å². The highest BCUT2D eigenvalue weighted by Gasteiger charge is 2.33. The number of amides is 2. The van der Waals surface area contributed by atoms with Crippen LogP contribution in [0.5, 0.6) is 0 Å². The van der Waals surface area contributed by atoms with Gasteiger partial charge in [0, 0.05) is 24.7 Å². The smallest absolute Gasteiger partial charge is 0.261 e. The van der Waals surface area contributed by atoms with Crippen LogP contribution >= 0.6 is 0 Å². The van der Waals surface area contributed by atoms with Crippen molar-refractivity contribution >= 4 is 31.9 Å². The highest BCUT2D eigenvalue weighted by molar-refractivity contribution is 7.92. The van der Waals surface area contributed by atoms with Crippen LogP contribution in [-0.2, 0) is 29.6 Å². The Morgan fingerprint density at radius 1 is 1.05 bits per heavy atom. The van der Waals surface area contributed by atoms with Crippen molar-refractivity contribution in [1.82, 2.24) is 8.61 Å². The lowest BCUT2D eigenvalue weighted by atomic mass is 10.5. The van der Waals surface area contributed by atoms with E-state index in [-0.39, 0.29) is 8.61 Å². The van der Waals surface area contributed by atoms with Gasteiger partial charge in [-0.2, -0.15) is 0 Å². The summed E-state index contributed by atoms with van der Waals surface area (Å²) in [6.07, 6.45) is -2.09. The number of nitrogens with zero attached hydrogens (tertiary/aromatic N) is 2. The third kappa shape index (κ3) is 4.65. The van der Waals surface area contributed by atoms with Gasteiger partial charge in [0.05, 0.1) is 6.54 Å². The minimum Gasteiger partial charge on any atom is -0.370 e. The van der Waals surface area contributed by atoms with Crippen LogP contribution in [0.3, 0.4) is 0 Å². The van der Waals surface area contributed by atoms with Crippen LogP contribution < -0.4 is 0 Å². The molecule has 0 saturated heterocycles. The van der Waals surface area contributed by atoms with Crippen LogP contribution in [0, 0.1) is 0 Å². The third-order valence-corrected chi connectivity index (χ3v) is 5.18. The van der Waals surface area contributed by atoms with Crippen LogP contribution in [-0.4, -0.2) is 55.1 Å². The highest BCUT2D eigenvalue weighted by atomic mass is 32.2. The predicted molar refractivity (Wildman–Crippen MR) is 74.1 cm³/mol. The lowest BCUT2D eigenvalue weighted by molar-refractivity contribution is -0.134. The van der Waals surface area contributed by atoms with Crippen molar-refractivity contribution in [2.45, 2.75) is 20.1 Å². The largest absolute Gasteiger partial charge is 0.370 e.